The Morgan fingerprint density at radius 2 is 1.95 bits per heavy atom. The van der Waals surface area contributed by atoms with Crippen LogP contribution in [0.25, 0.3) is 42.6 Å². The van der Waals surface area contributed by atoms with Crippen LogP contribution < -0.4 is 0 Å². The summed E-state index contributed by atoms with van der Waals surface area (Å²) in [5.41, 5.74) is 2.34. The van der Waals surface area contributed by atoms with Crippen LogP contribution in [0.5, 0.6) is 0 Å². The van der Waals surface area contributed by atoms with E-state index in [2.05, 4.69) is 4.98 Å². The van der Waals surface area contributed by atoms with Crippen molar-refractivity contribution in [2.45, 2.75) is 13.7 Å². The van der Waals surface area contributed by atoms with E-state index >= 15 is 0 Å². The lowest BCUT2D eigenvalue weighted by molar-refractivity contribution is 0.669. The lowest BCUT2D eigenvalue weighted by Gasteiger charge is -2.05. The molecule has 0 bridgehead atoms. The molecule has 0 spiro atoms. The van der Waals surface area contributed by atoms with E-state index < -0.39 is 13.7 Å². The normalized spacial score (nSPS) is 17.3. The largest absolute Gasteiger partial charge is 0.456 e. The zero-order valence-electron chi connectivity index (χ0n) is 17.3. The van der Waals surface area contributed by atoms with Crippen molar-refractivity contribution in [2.24, 2.45) is 0 Å². The molecule has 0 aliphatic carbocycles. The summed E-state index contributed by atoms with van der Waals surface area (Å²) in [6.07, 6.45) is 1.17. The summed E-state index contributed by atoms with van der Waals surface area (Å²) in [4.78, 5) is 4.31. The first-order chi connectivity index (χ1) is 13.1. The van der Waals surface area contributed by atoms with Crippen molar-refractivity contribution in [1.82, 2.24) is 4.98 Å². The highest BCUT2D eigenvalue weighted by atomic mass is 32.1. The minimum atomic E-state index is -2.55. The van der Waals surface area contributed by atoms with Gasteiger partial charge in [0.15, 0.2) is 0 Å². The van der Waals surface area contributed by atoms with Crippen molar-refractivity contribution in [1.29, 1.82) is 0 Å². The summed E-state index contributed by atoms with van der Waals surface area (Å²) >= 11 is 1.59. The molecule has 22 heavy (non-hydrogen) atoms. The molecule has 5 aromatic rings. The van der Waals surface area contributed by atoms with Gasteiger partial charge in [-0.2, -0.15) is 0 Å². The minimum Gasteiger partial charge on any atom is -0.456 e. The first kappa shape index (κ1) is 7.75. The van der Waals surface area contributed by atoms with Crippen molar-refractivity contribution >= 4 is 42.7 Å². The predicted octanol–water partition coefficient (Wildman–Crippen LogP) is 5.92. The molecular weight excluding hydrogens is 290 g/mol. The third-order valence-corrected chi connectivity index (χ3v) is 5.16. The smallest absolute Gasteiger partial charge is 0.136 e. The maximum atomic E-state index is 7.78. The summed E-state index contributed by atoms with van der Waals surface area (Å²) in [5, 5.41) is 2.04. The molecule has 0 fully saturated rings. The van der Waals surface area contributed by atoms with Crippen molar-refractivity contribution in [2.75, 3.05) is 0 Å². The summed E-state index contributed by atoms with van der Waals surface area (Å²) < 4.78 is 54.2. The van der Waals surface area contributed by atoms with Crippen LogP contribution >= 0.6 is 11.3 Å². The van der Waals surface area contributed by atoms with Gasteiger partial charge < -0.3 is 4.42 Å². The number of rotatable bonds is 1. The number of thiophene rings is 1. The molecule has 0 atom stereocenters. The van der Waals surface area contributed by atoms with Crippen molar-refractivity contribution < 1.29 is 12.6 Å². The maximum absolute atomic E-state index is 7.78. The van der Waals surface area contributed by atoms with E-state index in [1.807, 2.05) is 30.3 Å². The average molecular weight is 309 g/mol. The Morgan fingerprint density at radius 1 is 1.05 bits per heavy atom. The van der Waals surface area contributed by atoms with E-state index in [9.17, 15) is 0 Å². The molecule has 106 valence electrons. The summed E-state index contributed by atoms with van der Waals surface area (Å²) in [6, 6.07) is 10.9. The van der Waals surface area contributed by atoms with E-state index in [1.165, 1.54) is 12.3 Å². The van der Waals surface area contributed by atoms with Crippen LogP contribution in [0, 0.1) is 13.7 Å². The number of hydrogen-bond donors (Lipinski definition) is 0. The number of nitrogens with zero attached hydrogens (tertiary/aromatic N) is 1. The van der Waals surface area contributed by atoms with E-state index in [-0.39, 0.29) is 11.1 Å². The highest BCUT2D eigenvalue weighted by Gasteiger charge is 2.19. The molecule has 2 nitrogen and oxygen atoms in total. The van der Waals surface area contributed by atoms with Crippen LogP contribution in [-0.4, -0.2) is 4.98 Å². The third-order valence-electron chi connectivity index (χ3n) is 3.97. The third kappa shape index (κ3) is 1.46. The molecule has 3 aromatic heterocycles. The van der Waals surface area contributed by atoms with Gasteiger partial charge in [-0.15, -0.1) is 11.3 Å². The Balaban J connectivity index is 1.81. The first-order valence-electron chi connectivity index (χ1n) is 9.82. The second kappa shape index (κ2) is 4.08. The number of aromatic nitrogens is 1. The molecule has 0 amide bonds. The molecule has 5 rings (SSSR count). The molecule has 0 saturated heterocycles. The highest BCUT2D eigenvalue weighted by molar-refractivity contribution is 7.26. The van der Waals surface area contributed by atoms with Crippen molar-refractivity contribution in [3.8, 4) is 11.3 Å². The fourth-order valence-corrected chi connectivity index (χ4v) is 4.21. The standard InChI is InChI=1S/C19H13NOS/c1-10-8-13(20-9-11(10)2)12-6-7-15-18-17-14(21-15)4-3-5-16(17)22-19(12)18/h3-9H,1-2H3/i1D3,2D3. The molecule has 0 radical (unpaired) electrons. The van der Waals surface area contributed by atoms with E-state index in [4.69, 9.17) is 12.6 Å². The second-order valence-corrected chi connectivity index (χ2v) is 6.32. The Labute approximate surface area is 139 Å². The monoisotopic (exact) mass is 309 g/mol. The van der Waals surface area contributed by atoms with E-state index in [0.29, 0.717) is 5.69 Å². The van der Waals surface area contributed by atoms with Gasteiger partial charge in [0.1, 0.15) is 11.2 Å². The van der Waals surface area contributed by atoms with Gasteiger partial charge in [0.05, 0.1) is 5.69 Å². The van der Waals surface area contributed by atoms with Crippen molar-refractivity contribution in [3.63, 3.8) is 0 Å². The highest BCUT2D eigenvalue weighted by Crippen LogP contribution is 2.46. The molecule has 0 unspecified atom stereocenters. The Morgan fingerprint density at radius 3 is 2.86 bits per heavy atom. The molecule has 0 aliphatic rings. The minimum absolute atomic E-state index is 0.192. The van der Waals surface area contributed by atoms with Crippen LogP contribution in [0.3, 0.4) is 0 Å². The topological polar surface area (TPSA) is 26.0 Å². The predicted molar refractivity (Wildman–Crippen MR) is 93.0 cm³/mol. The van der Waals surface area contributed by atoms with Gasteiger partial charge in [0, 0.05) is 40.2 Å². The van der Waals surface area contributed by atoms with Crippen molar-refractivity contribution in [3.05, 3.63) is 53.7 Å². The number of pyridine rings is 1. The van der Waals surface area contributed by atoms with Gasteiger partial charge in [0.2, 0.25) is 0 Å². The van der Waals surface area contributed by atoms with Crippen LogP contribution in [0.2, 0.25) is 0 Å². The summed E-state index contributed by atoms with van der Waals surface area (Å²) in [5.74, 6) is 0. The number of furan rings is 1. The van der Waals surface area contributed by atoms with Gasteiger partial charge in [-0.25, -0.2) is 0 Å². The molecule has 0 aliphatic heterocycles. The SMILES string of the molecule is [2H]C([2H])([2H])c1cnc(-c2ccc3oc4cccc5sc2c3c45)cc1C([2H])([2H])[2H]. The molecule has 2 aromatic carbocycles. The first-order valence-corrected chi connectivity index (χ1v) is 7.64. The molecule has 3 heterocycles. The lowest BCUT2D eigenvalue weighted by Crippen LogP contribution is -1.88. The molecule has 3 heteroatoms. The molecule has 0 saturated carbocycles. The second-order valence-electron chi connectivity index (χ2n) is 5.26. The molecular formula is C19H13NOS. The number of aryl methyl sites for hydroxylation is 2. The summed E-state index contributed by atoms with van der Waals surface area (Å²) in [6.45, 7) is -5.09. The van der Waals surface area contributed by atoms with Crippen LogP contribution in [-0.2, 0) is 0 Å². The molecule has 0 N–H and O–H groups in total. The maximum Gasteiger partial charge on any atom is 0.136 e. The van der Waals surface area contributed by atoms with Crippen LogP contribution in [0.1, 0.15) is 19.4 Å². The zero-order valence-corrected chi connectivity index (χ0v) is 12.1. The van der Waals surface area contributed by atoms with Gasteiger partial charge in [-0.1, -0.05) is 6.07 Å². The van der Waals surface area contributed by atoms with Gasteiger partial charge >= 0.3 is 0 Å². The quantitative estimate of drug-likeness (QED) is 0.384. The van der Waals surface area contributed by atoms with Crippen LogP contribution in [0.15, 0.2) is 47.0 Å². The zero-order chi connectivity index (χ0) is 19.8. The van der Waals surface area contributed by atoms with Gasteiger partial charge in [-0.05, 0) is 55.2 Å². The van der Waals surface area contributed by atoms with E-state index in [1.54, 1.807) is 11.3 Å². The fraction of sp³-hybridized carbons (Fsp3) is 0.105. The van der Waals surface area contributed by atoms with Gasteiger partial charge in [-0.3, -0.25) is 4.98 Å². The Bertz CT molecular complexity index is 1340. The lowest BCUT2D eigenvalue weighted by atomic mass is 10.0. The fourth-order valence-electron chi connectivity index (χ4n) is 2.95. The number of benzene rings is 2. The Hall–Kier alpha value is -2.39. The Kier molecular flexibility index (Phi) is 1.44. The van der Waals surface area contributed by atoms with Gasteiger partial charge in [0.25, 0.3) is 0 Å². The number of hydrogen-bond acceptors (Lipinski definition) is 3. The summed E-state index contributed by atoms with van der Waals surface area (Å²) in [7, 11) is 0. The average Bonchev–Trinajstić information content (AvgIpc) is 3.19. The van der Waals surface area contributed by atoms with E-state index in [0.717, 1.165) is 36.9 Å². The van der Waals surface area contributed by atoms with Crippen LogP contribution in [0.4, 0.5) is 0 Å².